The quantitative estimate of drug-likeness (QED) is 0.868. The highest BCUT2D eigenvalue weighted by molar-refractivity contribution is 5.89. The van der Waals surface area contributed by atoms with Gasteiger partial charge in [-0.3, -0.25) is 4.79 Å². The summed E-state index contributed by atoms with van der Waals surface area (Å²) >= 11 is 0. The molecule has 0 aromatic heterocycles. The Morgan fingerprint density at radius 2 is 1.57 bits per heavy atom. The van der Waals surface area contributed by atoms with Crippen molar-refractivity contribution in [3.63, 3.8) is 0 Å². The van der Waals surface area contributed by atoms with E-state index in [2.05, 4.69) is 5.32 Å². The van der Waals surface area contributed by atoms with Gasteiger partial charge in [0.15, 0.2) is 11.5 Å². The van der Waals surface area contributed by atoms with Crippen LogP contribution in [0.4, 0.5) is 10.5 Å². The predicted molar refractivity (Wildman–Crippen MR) is 105 cm³/mol. The summed E-state index contributed by atoms with van der Waals surface area (Å²) in [6.45, 7) is 4.11. The molecule has 1 fully saturated rings. The average Bonchev–Trinajstić information content (AvgIpc) is 2.74. The monoisotopic (exact) mass is 381 g/mol. The molecule has 146 valence electrons. The van der Waals surface area contributed by atoms with Gasteiger partial charge in [0.05, 0.1) is 0 Å². The Morgan fingerprint density at radius 3 is 2.29 bits per heavy atom. The largest absolute Gasteiger partial charge is 0.485 e. The number of urea groups is 1. The first-order chi connectivity index (χ1) is 13.6. The highest BCUT2D eigenvalue weighted by Crippen LogP contribution is 2.31. The lowest BCUT2D eigenvalue weighted by Crippen LogP contribution is -2.55. The van der Waals surface area contributed by atoms with Crippen molar-refractivity contribution in [2.75, 3.05) is 38.1 Å². The number of hydrogen-bond acceptors (Lipinski definition) is 4. The lowest BCUT2D eigenvalue weighted by molar-refractivity contribution is -0.142. The van der Waals surface area contributed by atoms with Crippen molar-refractivity contribution in [3.8, 4) is 11.5 Å². The van der Waals surface area contributed by atoms with Crippen LogP contribution in [0.3, 0.4) is 0 Å². The molecule has 2 aromatic carbocycles. The fourth-order valence-electron chi connectivity index (χ4n) is 3.31. The lowest BCUT2D eigenvalue weighted by Gasteiger charge is -2.37. The van der Waals surface area contributed by atoms with Crippen LogP contribution in [0, 0.1) is 6.92 Å². The van der Waals surface area contributed by atoms with Crippen molar-refractivity contribution in [3.05, 3.63) is 54.1 Å². The molecule has 3 amide bonds. The molecule has 0 radical (unpaired) electrons. The molecule has 4 rings (SSSR count). The number of nitrogens with one attached hydrogen (secondary N) is 1. The highest BCUT2D eigenvalue weighted by atomic mass is 16.6. The van der Waals surface area contributed by atoms with Gasteiger partial charge in [0.25, 0.3) is 5.91 Å². The first kappa shape index (κ1) is 18.2. The molecule has 0 unspecified atom stereocenters. The Hall–Kier alpha value is -3.22. The van der Waals surface area contributed by atoms with Crippen LogP contribution in [0.25, 0.3) is 0 Å². The zero-order valence-electron chi connectivity index (χ0n) is 15.8. The van der Waals surface area contributed by atoms with E-state index in [0.29, 0.717) is 37.7 Å². The van der Waals surface area contributed by atoms with Crippen molar-refractivity contribution < 1.29 is 19.1 Å². The first-order valence-electron chi connectivity index (χ1n) is 9.40. The molecule has 0 saturated carbocycles. The summed E-state index contributed by atoms with van der Waals surface area (Å²) in [5.41, 5.74) is 1.90. The highest BCUT2D eigenvalue weighted by Gasteiger charge is 2.33. The summed E-state index contributed by atoms with van der Waals surface area (Å²) in [7, 11) is 0. The minimum Gasteiger partial charge on any atom is -0.485 e. The predicted octanol–water partition coefficient (Wildman–Crippen LogP) is 2.51. The number of carbonyl (C=O) groups is 2. The Kier molecular flexibility index (Phi) is 5.06. The smallest absolute Gasteiger partial charge is 0.321 e. The molecular weight excluding hydrogens is 358 g/mol. The van der Waals surface area contributed by atoms with E-state index in [1.165, 1.54) is 0 Å². The third-order valence-electron chi connectivity index (χ3n) is 4.97. The molecule has 7 nitrogen and oxygen atoms in total. The van der Waals surface area contributed by atoms with Crippen molar-refractivity contribution in [2.24, 2.45) is 0 Å². The van der Waals surface area contributed by atoms with E-state index in [0.717, 1.165) is 11.3 Å². The SMILES string of the molecule is Cc1ccc(NC(=O)N2CCN(C(=O)[C@H]3COc4ccccc4O3)CC2)cc1. The van der Waals surface area contributed by atoms with Crippen molar-refractivity contribution in [1.82, 2.24) is 9.80 Å². The van der Waals surface area contributed by atoms with Crippen LogP contribution in [0.1, 0.15) is 5.56 Å². The maximum atomic E-state index is 12.8. The summed E-state index contributed by atoms with van der Waals surface area (Å²) in [6, 6.07) is 14.8. The van der Waals surface area contributed by atoms with E-state index in [-0.39, 0.29) is 18.5 Å². The van der Waals surface area contributed by atoms with Gasteiger partial charge >= 0.3 is 6.03 Å². The number of carbonyl (C=O) groups excluding carboxylic acids is 2. The van der Waals surface area contributed by atoms with Crippen LogP contribution in [0.15, 0.2) is 48.5 Å². The van der Waals surface area contributed by atoms with Gasteiger partial charge in [-0.05, 0) is 31.2 Å². The summed E-state index contributed by atoms with van der Waals surface area (Å²) in [5.74, 6) is 1.14. The van der Waals surface area contributed by atoms with E-state index >= 15 is 0 Å². The molecule has 0 spiro atoms. The Balaban J connectivity index is 1.29. The van der Waals surface area contributed by atoms with Crippen LogP contribution >= 0.6 is 0 Å². The van der Waals surface area contributed by atoms with E-state index in [9.17, 15) is 9.59 Å². The fraction of sp³-hybridized carbons (Fsp3) is 0.333. The molecule has 2 heterocycles. The second-order valence-electron chi connectivity index (χ2n) is 6.97. The van der Waals surface area contributed by atoms with Gasteiger partial charge in [0.2, 0.25) is 6.10 Å². The van der Waals surface area contributed by atoms with Crippen molar-refractivity contribution in [1.29, 1.82) is 0 Å². The third kappa shape index (κ3) is 3.88. The van der Waals surface area contributed by atoms with Crippen molar-refractivity contribution in [2.45, 2.75) is 13.0 Å². The topological polar surface area (TPSA) is 71.1 Å². The lowest BCUT2D eigenvalue weighted by atomic mass is 10.2. The number of hydrogen-bond donors (Lipinski definition) is 1. The van der Waals surface area contributed by atoms with E-state index < -0.39 is 6.10 Å². The summed E-state index contributed by atoms with van der Waals surface area (Å²) in [4.78, 5) is 28.7. The average molecular weight is 381 g/mol. The number of benzene rings is 2. The molecular formula is C21H23N3O4. The van der Waals surface area contributed by atoms with Crippen LogP contribution in [-0.4, -0.2) is 60.6 Å². The van der Waals surface area contributed by atoms with Crippen LogP contribution in [0.2, 0.25) is 0 Å². The molecule has 2 aliphatic rings. The number of aryl methyl sites for hydroxylation is 1. The molecule has 28 heavy (non-hydrogen) atoms. The number of fused-ring (bicyclic) bond motifs is 1. The van der Waals surface area contributed by atoms with Gasteiger partial charge in [0.1, 0.15) is 6.61 Å². The summed E-state index contributed by atoms with van der Waals surface area (Å²) in [5, 5.41) is 2.90. The fourth-order valence-corrected chi connectivity index (χ4v) is 3.31. The minimum absolute atomic E-state index is 0.104. The number of piperazine rings is 1. The van der Waals surface area contributed by atoms with Gasteiger partial charge < -0.3 is 24.6 Å². The Bertz CT molecular complexity index is 860. The van der Waals surface area contributed by atoms with E-state index in [4.69, 9.17) is 9.47 Å². The molecule has 1 N–H and O–H groups in total. The van der Waals surface area contributed by atoms with E-state index in [1.54, 1.807) is 15.9 Å². The van der Waals surface area contributed by atoms with Crippen LogP contribution in [0.5, 0.6) is 11.5 Å². The second-order valence-corrected chi connectivity index (χ2v) is 6.97. The minimum atomic E-state index is -0.650. The number of rotatable bonds is 2. The van der Waals surface area contributed by atoms with Gasteiger partial charge in [-0.2, -0.15) is 0 Å². The maximum absolute atomic E-state index is 12.8. The first-order valence-corrected chi connectivity index (χ1v) is 9.40. The van der Waals surface area contributed by atoms with Crippen LogP contribution < -0.4 is 14.8 Å². The summed E-state index contributed by atoms with van der Waals surface area (Å²) < 4.78 is 11.4. The van der Waals surface area contributed by atoms with Gasteiger partial charge in [0, 0.05) is 31.9 Å². The number of amides is 3. The number of nitrogens with zero attached hydrogens (tertiary/aromatic N) is 2. The molecule has 1 saturated heterocycles. The Morgan fingerprint density at radius 1 is 0.929 bits per heavy atom. The Labute approximate surface area is 163 Å². The zero-order valence-corrected chi connectivity index (χ0v) is 15.8. The number of para-hydroxylation sites is 2. The second kappa shape index (κ2) is 7.80. The normalized spacial score (nSPS) is 18.5. The molecule has 0 bridgehead atoms. The van der Waals surface area contributed by atoms with Gasteiger partial charge in [-0.1, -0.05) is 29.8 Å². The zero-order chi connectivity index (χ0) is 19.5. The standard InChI is InChI=1S/C21H23N3O4/c1-15-6-8-16(9-7-15)22-21(26)24-12-10-23(11-13-24)20(25)19-14-27-17-4-2-3-5-18(17)28-19/h2-9,19H,10-14H2,1H3,(H,22,26)/t19-/m1/s1. The van der Waals surface area contributed by atoms with Gasteiger partial charge in [-0.25, -0.2) is 4.79 Å². The summed E-state index contributed by atoms with van der Waals surface area (Å²) in [6.07, 6.45) is -0.650. The molecule has 2 aliphatic heterocycles. The van der Waals surface area contributed by atoms with Gasteiger partial charge in [-0.15, -0.1) is 0 Å². The van der Waals surface area contributed by atoms with Crippen molar-refractivity contribution >= 4 is 17.6 Å². The number of ether oxygens (including phenoxy) is 2. The molecule has 7 heteroatoms. The number of anilines is 1. The third-order valence-corrected chi connectivity index (χ3v) is 4.97. The molecule has 2 aromatic rings. The van der Waals surface area contributed by atoms with E-state index in [1.807, 2.05) is 49.4 Å². The maximum Gasteiger partial charge on any atom is 0.321 e. The molecule has 0 aliphatic carbocycles. The van der Waals surface area contributed by atoms with Crippen LogP contribution in [-0.2, 0) is 4.79 Å². The molecule has 1 atom stereocenters.